The van der Waals surface area contributed by atoms with E-state index in [2.05, 4.69) is 10.5 Å². The highest BCUT2D eigenvalue weighted by Gasteiger charge is 2.21. The van der Waals surface area contributed by atoms with Crippen molar-refractivity contribution in [2.45, 2.75) is 26.4 Å². The Balaban J connectivity index is 1.53. The van der Waals surface area contributed by atoms with Crippen molar-refractivity contribution in [3.8, 4) is 22.5 Å². The Labute approximate surface area is 211 Å². The molecule has 0 saturated carbocycles. The summed E-state index contributed by atoms with van der Waals surface area (Å²) in [5, 5.41) is 15.9. The van der Waals surface area contributed by atoms with Crippen LogP contribution < -0.4 is 5.32 Å². The molecular weight excluding hydrogens is 487 g/mol. The number of nitrogens with one attached hydrogen (secondary N) is 1. The van der Waals surface area contributed by atoms with Gasteiger partial charge in [0.05, 0.1) is 6.42 Å². The number of carboxylic acid groups (broad SMARTS) is 1. The molecule has 9 heteroatoms. The number of nitrogens with zero attached hydrogens (tertiary/aromatic N) is 1. The number of carbonyl (C=O) groups is 2. The quantitative estimate of drug-likeness (QED) is 0.277. The molecule has 7 nitrogen and oxygen atoms in total. The fraction of sp³-hybridized carbons (Fsp3) is 0.148. The molecule has 1 amide bonds. The molecule has 0 aliphatic rings. The van der Waals surface area contributed by atoms with Crippen molar-refractivity contribution in [2.24, 2.45) is 0 Å². The molecule has 0 bridgehead atoms. The van der Waals surface area contributed by atoms with Gasteiger partial charge in [0.1, 0.15) is 23.3 Å². The van der Waals surface area contributed by atoms with Crippen molar-refractivity contribution in [3.63, 3.8) is 0 Å². The fourth-order valence-corrected chi connectivity index (χ4v) is 4.03. The zero-order valence-electron chi connectivity index (χ0n) is 19.4. The van der Waals surface area contributed by atoms with Crippen molar-refractivity contribution in [1.29, 1.82) is 0 Å². The Morgan fingerprint density at radius 2 is 1.81 bits per heavy atom. The van der Waals surface area contributed by atoms with Gasteiger partial charge in [-0.2, -0.15) is 0 Å². The highest BCUT2D eigenvalue weighted by molar-refractivity contribution is 6.31. The minimum atomic E-state index is -0.938. The molecule has 0 saturated heterocycles. The number of anilines is 1. The van der Waals surface area contributed by atoms with Gasteiger partial charge >= 0.3 is 12.1 Å². The van der Waals surface area contributed by atoms with E-state index in [4.69, 9.17) is 26.0 Å². The average Bonchev–Trinajstić information content (AvgIpc) is 3.19. The summed E-state index contributed by atoms with van der Waals surface area (Å²) >= 11 is 6.18. The largest absolute Gasteiger partial charge is 0.481 e. The lowest BCUT2D eigenvalue weighted by Crippen LogP contribution is -2.17. The first-order valence-corrected chi connectivity index (χ1v) is 11.4. The number of aliphatic carboxylic acids is 1. The zero-order chi connectivity index (χ0) is 25.8. The summed E-state index contributed by atoms with van der Waals surface area (Å²) < 4.78 is 25.9. The SMILES string of the molecule is Cc1noc(-c2ccc(-c3ccc(CC(=O)O)cc3)c(F)c2)c1NC(=O)O[C@H](C)c1ccccc1Cl. The van der Waals surface area contributed by atoms with Gasteiger partial charge < -0.3 is 14.4 Å². The molecule has 0 spiro atoms. The number of ether oxygens (including phenoxy) is 1. The zero-order valence-corrected chi connectivity index (χ0v) is 20.2. The second kappa shape index (κ2) is 10.6. The van der Waals surface area contributed by atoms with Crippen LogP contribution in [0.3, 0.4) is 0 Å². The summed E-state index contributed by atoms with van der Waals surface area (Å²) in [5.41, 5.74) is 3.23. The van der Waals surface area contributed by atoms with E-state index < -0.39 is 24.0 Å². The number of benzene rings is 3. The number of hydrogen-bond acceptors (Lipinski definition) is 5. The molecule has 1 aromatic heterocycles. The number of aryl methyl sites for hydroxylation is 1. The lowest BCUT2D eigenvalue weighted by molar-refractivity contribution is -0.136. The highest BCUT2D eigenvalue weighted by Crippen LogP contribution is 2.34. The Bertz CT molecular complexity index is 1420. The topological polar surface area (TPSA) is 102 Å². The molecule has 2 N–H and O–H groups in total. The maximum Gasteiger partial charge on any atom is 0.412 e. The summed E-state index contributed by atoms with van der Waals surface area (Å²) in [6, 6.07) is 18.2. The van der Waals surface area contributed by atoms with Crippen LogP contribution in [-0.4, -0.2) is 22.3 Å². The van der Waals surface area contributed by atoms with Gasteiger partial charge in [0, 0.05) is 21.7 Å². The number of halogens is 2. The van der Waals surface area contributed by atoms with Gasteiger partial charge in [-0.05, 0) is 37.1 Å². The van der Waals surface area contributed by atoms with Crippen molar-refractivity contribution >= 4 is 29.4 Å². The molecule has 4 rings (SSSR count). The number of hydrogen-bond donors (Lipinski definition) is 2. The van der Waals surface area contributed by atoms with Gasteiger partial charge in [0.25, 0.3) is 0 Å². The maximum atomic E-state index is 15.0. The first kappa shape index (κ1) is 24.9. The smallest absolute Gasteiger partial charge is 0.412 e. The van der Waals surface area contributed by atoms with Crippen molar-refractivity contribution in [2.75, 3.05) is 5.32 Å². The molecule has 0 unspecified atom stereocenters. The van der Waals surface area contributed by atoms with Crippen LogP contribution in [0.2, 0.25) is 5.02 Å². The Hall–Kier alpha value is -4.17. The van der Waals surface area contributed by atoms with E-state index in [9.17, 15) is 9.59 Å². The molecule has 0 fully saturated rings. The predicted molar refractivity (Wildman–Crippen MR) is 133 cm³/mol. The van der Waals surface area contributed by atoms with Crippen LogP contribution >= 0.6 is 11.6 Å². The van der Waals surface area contributed by atoms with Crippen LogP contribution in [0.5, 0.6) is 0 Å². The first-order chi connectivity index (χ1) is 17.2. The van der Waals surface area contributed by atoms with Gasteiger partial charge in [-0.15, -0.1) is 0 Å². The van der Waals surface area contributed by atoms with E-state index in [1.807, 2.05) is 0 Å². The normalized spacial score (nSPS) is 11.7. The average molecular weight is 509 g/mol. The number of aromatic nitrogens is 1. The minimum absolute atomic E-state index is 0.109. The second-order valence-electron chi connectivity index (χ2n) is 8.13. The molecule has 0 radical (unpaired) electrons. The Kier molecular flexibility index (Phi) is 7.36. The summed E-state index contributed by atoms with van der Waals surface area (Å²) in [6.45, 7) is 3.34. The number of carboxylic acids is 1. The third-order valence-corrected chi connectivity index (χ3v) is 5.91. The molecule has 3 aromatic carbocycles. The predicted octanol–water partition coefficient (Wildman–Crippen LogP) is 7.05. The van der Waals surface area contributed by atoms with Gasteiger partial charge in [-0.1, -0.05) is 71.4 Å². The summed E-state index contributed by atoms with van der Waals surface area (Å²) in [4.78, 5) is 23.4. The molecule has 184 valence electrons. The molecule has 36 heavy (non-hydrogen) atoms. The number of amides is 1. The first-order valence-electron chi connectivity index (χ1n) is 11.0. The van der Waals surface area contributed by atoms with E-state index in [1.54, 1.807) is 74.5 Å². The van der Waals surface area contributed by atoms with Crippen LogP contribution in [0, 0.1) is 12.7 Å². The van der Waals surface area contributed by atoms with E-state index in [1.165, 1.54) is 6.07 Å². The molecule has 0 aliphatic carbocycles. The summed E-state index contributed by atoms with van der Waals surface area (Å²) in [6.07, 6.45) is -1.46. The van der Waals surface area contributed by atoms with Gasteiger partial charge in [-0.3, -0.25) is 10.1 Å². The van der Waals surface area contributed by atoms with E-state index >= 15 is 4.39 Å². The van der Waals surface area contributed by atoms with Gasteiger partial charge in [-0.25, -0.2) is 9.18 Å². The summed E-state index contributed by atoms with van der Waals surface area (Å²) in [7, 11) is 0. The Morgan fingerprint density at radius 1 is 1.11 bits per heavy atom. The highest BCUT2D eigenvalue weighted by atomic mass is 35.5. The summed E-state index contributed by atoms with van der Waals surface area (Å²) in [5.74, 6) is -1.28. The van der Waals surface area contributed by atoms with E-state index in [0.29, 0.717) is 38.5 Å². The third kappa shape index (κ3) is 5.55. The molecule has 1 heterocycles. The lowest BCUT2D eigenvalue weighted by Gasteiger charge is -2.15. The fourth-order valence-electron chi connectivity index (χ4n) is 3.74. The molecule has 0 aliphatic heterocycles. The monoisotopic (exact) mass is 508 g/mol. The number of carbonyl (C=O) groups excluding carboxylic acids is 1. The molecule has 4 aromatic rings. The van der Waals surface area contributed by atoms with Crippen molar-refractivity contribution in [1.82, 2.24) is 5.16 Å². The maximum absolute atomic E-state index is 15.0. The van der Waals surface area contributed by atoms with Gasteiger partial charge in [0.15, 0.2) is 5.76 Å². The van der Waals surface area contributed by atoms with Crippen LogP contribution in [0.25, 0.3) is 22.5 Å². The van der Waals surface area contributed by atoms with E-state index in [-0.39, 0.29) is 17.9 Å². The van der Waals surface area contributed by atoms with Crippen LogP contribution in [0.4, 0.5) is 14.9 Å². The second-order valence-corrected chi connectivity index (χ2v) is 8.54. The van der Waals surface area contributed by atoms with Crippen molar-refractivity contribution in [3.05, 3.63) is 94.4 Å². The molecule has 1 atom stereocenters. The van der Waals surface area contributed by atoms with E-state index in [0.717, 1.165) is 0 Å². The van der Waals surface area contributed by atoms with Crippen LogP contribution in [0.15, 0.2) is 71.3 Å². The Morgan fingerprint density at radius 3 is 2.47 bits per heavy atom. The minimum Gasteiger partial charge on any atom is -0.481 e. The van der Waals surface area contributed by atoms with Crippen molar-refractivity contribution < 1.29 is 28.3 Å². The third-order valence-electron chi connectivity index (χ3n) is 5.57. The molecular formula is C27H22ClFN2O5. The van der Waals surface area contributed by atoms with Crippen LogP contribution in [0.1, 0.15) is 29.8 Å². The van der Waals surface area contributed by atoms with Crippen LogP contribution in [-0.2, 0) is 16.0 Å². The standard InChI is InChI=1S/C27H22ClFN2O5/c1-15-25(30-27(34)35-16(2)20-5-3-4-6-22(20)28)26(36-31-15)19-11-12-21(23(29)14-19)18-9-7-17(8-10-18)13-24(32)33/h3-12,14,16H,13H2,1-2H3,(H,30,34)(H,32,33)/t16-/m1/s1. The van der Waals surface area contributed by atoms with Gasteiger partial charge in [0.2, 0.25) is 0 Å². The lowest BCUT2D eigenvalue weighted by atomic mass is 10.00. The number of rotatable bonds is 7.